The standard InChI is InChI=1S/C16H14ClFN2OS.C2H6/c1-8-13(7-6-12(20-3)14(8)9(2)21)22-16-10(18)4-5-11(19)15(16)17;1-2/h4-7H,3,19H2,1-2H3;1-2H3. The Bertz CT molecular complexity index is 778. The Balaban J connectivity index is 0.00000139. The molecular formula is C18H20ClFN2OS. The Morgan fingerprint density at radius 2 is 1.92 bits per heavy atom. The Morgan fingerprint density at radius 3 is 2.46 bits per heavy atom. The first-order valence-corrected chi connectivity index (χ1v) is 8.58. The summed E-state index contributed by atoms with van der Waals surface area (Å²) in [5.41, 5.74) is 7.71. The minimum absolute atomic E-state index is 0.124. The average molecular weight is 367 g/mol. The van der Waals surface area contributed by atoms with E-state index in [0.29, 0.717) is 27.4 Å². The molecule has 6 heteroatoms. The van der Waals surface area contributed by atoms with Crippen molar-refractivity contribution in [3.05, 3.63) is 46.2 Å². The van der Waals surface area contributed by atoms with Crippen LogP contribution in [0.15, 0.2) is 39.0 Å². The van der Waals surface area contributed by atoms with Crippen LogP contribution in [0, 0.1) is 12.7 Å². The van der Waals surface area contributed by atoms with E-state index in [9.17, 15) is 9.18 Å². The third-order valence-electron chi connectivity index (χ3n) is 3.21. The van der Waals surface area contributed by atoms with E-state index in [1.807, 2.05) is 13.8 Å². The molecule has 0 atom stereocenters. The molecule has 2 aromatic rings. The number of hydrogen-bond acceptors (Lipinski definition) is 4. The molecule has 0 aliphatic heterocycles. The van der Waals surface area contributed by atoms with Crippen LogP contribution in [0.2, 0.25) is 5.02 Å². The van der Waals surface area contributed by atoms with E-state index in [2.05, 4.69) is 11.7 Å². The van der Waals surface area contributed by atoms with Gasteiger partial charge in [0, 0.05) is 10.5 Å². The molecule has 128 valence electrons. The summed E-state index contributed by atoms with van der Waals surface area (Å²) in [6, 6.07) is 6.12. The zero-order valence-electron chi connectivity index (χ0n) is 14.1. The zero-order chi connectivity index (χ0) is 18.4. The molecule has 2 rings (SSSR count). The minimum Gasteiger partial charge on any atom is -0.397 e. The number of nitrogens with zero attached hydrogens (tertiary/aromatic N) is 1. The van der Waals surface area contributed by atoms with E-state index in [-0.39, 0.29) is 15.7 Å². The molecular weight excluding hydrogens is 347 g/mol. The Morgan fingerprint density at radius 1 is 1.29 bits per heavy atom. The van der Waals surface area contributed by atoms with Crippen molar-refractivity contribution < 1.29 is 9.18 Å². The number of ketones is 1. The highest BCUT2D eigenvalue weighted by Gasteiger charge is 2.17. The molecule has 0 radical (unpaired) electrons. The highest BCUT2D eigenvalue weighted by Crippen LogP contribution is 2.41. The van der Waals surface area contributed by atoms with Crippen LogP contribution < -0.4 is 5.73 Å². The van der Waals surface area contributed by atoms with Crippen LogP contribution in [0.3, 0.4) is 0 Å². The monoisotopic (exact) mass is 366 g/mol. The molecule has 2 aromatic carbocycles. The second-order valence-electron chi connectivity index (χ2n) is 4.68. The van der Waals surface area contributed by atoms with Crippen molar-refractivity contribution in [2.45, 2.75) is 37.5 Å². The lowest BCUT2D eigenvalue weighted by Crippen LogP contribution is -1.99. The van der Waals surface area contributed by atoms with Crippen molar-refractivity contribution >= 4 is 47.2 Å². The van der Waals surface area contributed by atoms with E-state index in [4.69, 9.17) is 17.3 Å². The van der Waals surface area contributed by atoms with Crippen LogP contribution in [0.4, 0.5) is 15.8 Å². The summed E-state index contributed by atoms with van der Waals surface area (Å²) < 4.78 is 14.0. The van der Waals surface area contributed by atoms with Gasteiger partial charge in [-0.25, -0.2) is 4.39 Å². The molecule has 3 nitrogen and oxygen atoms in total. The third kappa shape index (κ3) is 4.16. The van der Waals surface area contributed by atoms with Crippen molar-refractivity contribution in [2.75, 3.05) is 5.73 Å². The number of Topliss-reactive ketones (excluding diaryl/α,β-unsaturated/α-hetero) is 1. The molecule has 0 bridgehead atoms. The molecule has 0 saturated heterocycles. The number of carbonyl (C=O) groups excluding carboxylic acids is 1. The number of benzene rings is 2. The van der Waals surface area contributed by atoms with E-state index in [1.54, 1.807) is 19.1 Å². The molecule has 0 saturated carbocycles. The van der Waals surface area contributed by atoms with Crippen LogP contribution >= 0.6 is 23.4 Å². The van der Waals surface area contributed by atoms with E-state index in [0.717, 1.165) is 11.8 Å². The summed E-state index contributed by atoms with van der Waals surface area (Å²) >= 11 is 7.21. The van der Waals surface area contributed by atoms with Gasteiger partial charge in [-0.15, -0.1) is 0 Å². The number of rotatable bonds is 4. The van der Waals surface area contributed by atoms with Gasteiger partial charge in [-0.05, 0) is 50.4 Å². The van der Waals surface area contributed by atoms with Crippen LogP contribution in [0.25, 0.3) is 0 Å². The van der Waals surface area contributed by atoms with E-state index >= 15 is 0 Å². The second-order valence-corrected chi connectivity index (χ2v) is 6.11. The van der Waals surface area contributed by atoms with Gasteiger partial charge in [-0.3, -0.25) is 9.79 Å². The van der Waals surface area contributed by atoms with Gasteiger partial charge in [0.05, 0.1) is 21.3 Å². The van der Waals surface area contributed by atoms with Gasteiger partial charge in [0.15, 0.2) is 5.78 Å². The number of halogens is 2. The zero-order valence-corrected chi connectivity index (χ0v) is 15.7. The van der Waals surface area contributed by atoms with Crippen molar-refractivity contribution in [3.8, 4) is 0 Å². The quantitative estimate of drug-likeness (QED) is 0.405. The van der Waals surface area contributed by atoms with Gasteiger partial charge in [-0.2, -0.15) is 0 Å². The van der Waals surface area contributed by atoms with Crippen molar-refractivity contribution in [1.29, 1.82) is 0 Å². The first-order chi connectivity index (χ1) is 11.4. The maximum atomic E-state index is 14.0. The Hall–Kier alpha value is -1.85. The summed E-state index contributed by atoms with van der Waals surface area (Å²) in [6.45, 7) is 10.7. The lowest BCUT2D eigenvalue weighted by Gasteiger charge is -2.13. The average Bonchev–Trinajstić information content (AvgIpc) is 2.57. The Labute approximate surface area is 151 Å². The minimum atomic E-state index is -0.459. The predicted octanol–water partition coefficient (Wildman–Crippen LogP) is 6.08. The number of hydrogen-bond donors (Lipinski definition) is 1. The Kier molecular flexibility index (Phi) is 7.45. The fraction of sp³-hybridized carbons (Fsp3) is 0.222. The third-order valence-corrected chi connectivity index (χ3v) is 4.99. The van der Waals surface area contributed by atoms with Crippen molar-refractivity contribution in [1.82, 2.24) is 0 Å². The van der Waals surface area contributed by atoms with Crippen LogP contribution in [-0.2, 0) is 0 Å². The second kappa shape index (κ2) is 8.85. The summed E-state index contributed by atoms with van der Waals surface area (Å²) in [4.78, 5) is 16.6. The molecule has 0 heterocycles. The highest BCUT2D eigenvalue weighted by atomic mass is 35.5. The molecule has 0 spiro atoms. The molecule has 24 heavy (non-hydrogen) atoms. The van der Waals surface area contributed by atoms with Gasteiger partial charge >= 0.3 is 0 Å². The summed E-state index contributed by atoms with van der Waals surface area (Å²) in [7, 11) is 0. The number of nitrogen functional groups attached to an aromatic ring is 1. The molecule has 0 aliphatic rings. The predicted molar refractivity (Wildman–Crippen MR) is 102 cm³/mol. The topological polar surface area (TPSA) is 55.4 Å². The highest BCUT2D eigenvalue weighted by molar-refractivity contribution is 7.99. The van der Waals surface area contributed by atoms with Crippen LogP contribution in [0.5, 0.6) is 0 Å². The first-order valence-electron chi connectivity index (χ1n) is 7.39. The summed E-state index contributed by atoms with van der Waals surface area (Å²) in [5, 5.41) is 0.166. The fourth-order valence-electron chi connectivity index (χ4n) is 2.12. The van der Waals surface area contributed by atoms with Crippen LogP contribution in [-0.4, -0.2) is 12.5 Å². The van der Waals surface area contributed by atoms with E-state index < -0.39 is 5.82 Å². The SMILES string of the molecule is C=Nc1ccc(Sc2c(F)ccc(N)c2Cl)c(C)c1C(C)=O.CC. The lowest BCUT2D eigenvalue weighted by molar-refractivity contribution is 0.101. The molecule has 0 amide bonds. The summed E-state index contributed by atoms with van der Waals surface area (Å²) in [6.07, 6.45) is 0. The van der Waals surface area contributed by atoms with Gasteiger partial charge in [0.25, 0.3) is 0 Å². The van der Waals surface area contributed by atoms with Crippen molar-refractivity contribution in [3.63, 3.8) is 0 Å². The number of nitrogens with two attached hydrogens (primary N) is 1. The number of carbonyl (C=O) groups is 1. The fourth-order valence-corrected chi connectivity index (χ4v) is 3.37. The lowest BCUT2D eigenvalue weighted by atomic mass is 10.0. The molecule has 0 aliphatic carbocycles. The van der Waals surface area contributed by atoms with Gasteiger partial charge in [0.1, 0.15) is 5.82 Å². The smallest absolute Gasteiger partial charge is 0.162 e. The normalized spacial score (nSPS) is 9.92. The van der Waals surface area contributed by atoms with Crippen LogP contribution in [0.1, 0.15) is 36.7 Å². The molecule has 2 N–H and O–H groups in total. The maximum Gasteiger partial charge on any atom is 0.162 e. The molecule has 0 fully saturated rings. The van der Waals surface area contributed by atoms with Gasteiger partial charge in [-0.1, -0.05) is 37.2 Å². The molecule has 0 aromatic heterocycles. The molecule has 0 unspecified atom stereocenters. The maximum absolute atomic E-state index is 14.0. The first kappa shape index (κ1) is 20.2. The van der Waals surface area contributed by atoms with E-state index in [1.165, 1.54) is 19.1 Å². The van der Waals surface area contributed by atoms with Gasteiger partial charge < -0.3 is 5.73 Å². The summed E-state index contributed by atoms with van der Waals surface area (Å²) in [5.74, 6) is -0.583. The number of aliphatic imine (C=N–C) groups is 1. The van der Waals surface area contributed by atoms with Crippen molar-refractivity contribution in [2.24, 2.45) is 4.99 Å². The largest absolute Gasteiger partial charge is 0.397 e. The number of anilines is 1. The van der Waals surface area contributed by atoms with Gasteiger partial charge in [0.2, 0.25) is 0 Å².